The number of nitro groups is 2. The lowest BCUT2D eigenvalue weighted by Gasteiger charge is -2.08. The highest BCUT2D eigenvalue weighted by Gasteiger charge is 2.24. The summed E-state index contributed by atoms with van der Waals surface area (Å²) in [5.41, 5.74) is 1.03. The Morgan fingerprint density at radius 2 is 1.81 bits per heavy atom. The van der Waals surface area contributed by atoms with Gasteiger partial charge in [0.1, 0.15) is 16.8 Å². The first-order chi connectivity index (χ1) is 15.2. The van der Waals surface area contributed by atoms with Gasteiger partial charge >= 0.3 is 0 Å². The molecular weight excluding hydrogens is 420 g/mol. The minimum absolute atomic E-state index is 0.149. The van der Waals surface area contributed by atoms with Crippen LogP contribution in [0.3, 0.4) is 0 Å². The number of carbonyl (C=O) groups excluding carboxylic acids is 1. The highest BCUT2D eigenvalue weighted by Crippen LogP contribution is 2.34. The van der Waals surface area contributed by atoms with Crippen LogP contribution in [0.5, 0.6) is 5.75 Å². The Morgan fingerprint density at radius 3 is 2.50 bits per heavy atom. The molecule has 1 aromatic heterocycles. The fourth-order valence-electron chi connectivity index (χ4n) is 3.12. The number of nitro benzene ring substituents is 2. The van der Waals surface area contributed by atoms with Crippen LogP contribution in [0.25, 0.3) is 22.6 Å². The quantitative estimate of drug-likeness (QED) is 0.341. The van der Waals surface area contributed by atoms with Crippen molar-refractivity contribution >= 4 is 34.1 Å². The van der Waals surface area contributed by atoms with Gasteiger partial charge in [0.05, 0.1) is 21.5 Å². The van der Waals surface area contributed by atoms with Gasteiger partial charge in [0, 0.05) is 17.8 Å². The number of benzene rings is 3. The van der Waals surface area contributed by atoms with Crippen molar-refractivity contribution < 1.29 is 24.2 Å². The number of hydrogen-bond donors (Lipinski definition) is 2. The fraction of sp³-hybridized carbons (Fsp3) is 0.0476. The number of aryl methyl sites for hydroxylation is 1. The summed E-state index contributed by atoms with van der Waals surface area (Å²) < 4.78 is 5.66. The van der Waals surface area contributed by atoms with Crippen LogP contribution in [0.1, 0.15) is 15.9 Å². The number of anilines is 1. The molecule has 0 saturated carbocycles. The van der Waals surface area contributed by atoms with E-state index in [9.17, 15) is 30.1 Å². The summed E-state index contributed by atoms with van der Waals surface area (Å²) in [6.07, 6.45) is 0. The summed E-state index contributed by atoms with van der Waals surface area (Å²) in [5.74, 6) is -0.910. The molecule has 4 rings (SSSR count). The molecule has 0 spiro atoms. The number of rotatable bonds is 5. The van der Waals surface area contributed by atoms with E-state index in [1.807, 2.05) is 19.1 Å². The molecule has 11 heteroatoms. The predicted molar refractivity (Wildman–Crippen MR) is 114 cm³/mol. The van der Waals surface area contributed by atoms with Gasteiger partial charge in [-0.05, 0) is 42.8 Å². The van der Waals surface area contributed by atoms with Crippen LogP contribution < -0.4 is 5.32 Å². The Labute approximate surface area is 179 Å². The van der Waals surface area contributed by atoms with Gasteiger partial charge in [-0.1, -0.05) is 6.07 Å². The number of non-ortho nitro benzene ring substituents is 1. The van der Waals surface area contributed by atoms with Crippen LogP contribution in [-0.4, -0.2) is 25.8 Å². The molecule has 1 heterocycles. The molecule has 0 aliphatic heterocycles. The topological polar surface area (TPSA) is 162 Å². The SMILES string of the molecule is Cc1ccc2oc(-c3ccc(NC(=O)c4ccc([N+](=O)[O-])cc4[N+](=O)[O-])cc3O)nc2c1. The zero-order valence-corrected chi connectivity index (χ0v) is 16.4. The average molecular weight is 434 g/mol. The minimum Gasteiger partial charge on any atom is -0.507 e. The number of fused-ring (bicyclic) bond motifs is 1. The van der Waals surface area contributed by atoms with Gasteiger partial charge in [0.25, 0.3) is 17.3 Å². The zero-order chi connectivity index (χ0) is 23.0. The molecule has 0 atom stereocenters. The molecular formula is C21H14N4O7. The first-order valence-electron chi connectivity index (χ1n) is 9.17. The number of phenolic OH excluding ortho intramolecular Hbond substituents is 1. The monoisotopic (exact) mass is 434 g/mol. The lowest BCUT2D eigenvalue weighted by Crippen LogP contribution is -2.14. The summed E-state index contributed by atoms with van der Waals surface area (Å²) in [6, 6.07) is 12.4. The number of aromatic nitrogens is 1. The summed E-state index contributed by atoms with van der Waals surface area (Å²) in [7, 11) is 0. The van der Waals surface area contributed by atoms with Crippen molar-refractivity contribution in [3.63, 3.8) is 0 Å². The molecule has 11 nitrogen and oxygen atoms in total. The van der Waals surface area contributed by atoms with Gasteiger partial charge < -0.3 is 14.8 Å². The van der Waals surface area contributed by atoms with Crippen LogP contribution in [0.15, 0.2) is 59.0 Å². The maximum atomic E-state index is 12.5. The first kappa shape index (κ1) is 20.5. The van der Waals surface area contributed by atoms with E-state index in [-0.39, 0.29) is 28.5 Å². The standard InChI is InChI=1S/C21H14N4O7/c1-11-2-7-19-16(8-11)23-21(32-19)15-5-3-12(9-18(15)26)22-20(27)14-6-4-13(24(28)29)10-17(14)25(30)31/h2-10,26H,1H3,(H,22,27). The third kappa shape index (κ3) is 3.81. The van der Waals surface area contributed by atoms with Gasteiger partial charge in [-0.15, -0.1) is 0 Å². The van der Waals surface area contributed by atoms with E-state index in [1.165, 1.54) is 18.2 Å². The molecule has 2 N–H and O–H groups in total. The number of oxazole rings is 1. The second-order valence-electron chi connectivity index (χ2n) is 6.89. The lowest BCUT2D eigenvalue weighted by atomic mass is 10.1. The summed E-state index contributed by atoms with van der Waals surface area (Å²) in [6.45, 7) is 1.91. The molecule has 0 saturated heterocycles. The minimum atomic E-state index is -0.878. The van der Waals surface area contributed by atoms with Gasteiger partial charge in [0.2, 0.25) is 5.89 Å². The van der Waals surface area contributed by atoms with Gasteiger partial charge in [-0.2, -0.15) is 0 Å². The number of aromatic hydroxyl groups is 1. The van der Waals surface area contributed by atoms with E-state index in [0.29, 0.717) is 17.2 Å². The van der Waals surface area contributed by atoms with Crippen molar-refractivity contribution in [2.24, 2.45) is 0 Å². The fourth-order valence-corrected chi connectivity index (χ4v) is 3.12. The molecule has 0 aliphatic carbocycles. The average Bonchev–Trinajstić information content (AvgIpc) is 3.16. The van der Waals surface area contributed by atoms with E-state index in [2.05, 4.69) is 10.3 Å². The highest BCUT2D eigenvalue weighted by molar-refractivity contribution is 6.07. The number of nitrogens with zero attached hydrogens (tertiary/aromatic N) is 3. The third-order valence-electron chi connectivity index (χ3n) is 4.66. The Hall–Kier alpha value is -4.80. The van der Waals surface area contributed by atoms with E-state index >= 15 is 0 Å². The van der Waals surface area contributed by atoms with Crippen LogP contribution in [0, 0.1) is 27.2 Å². The van der Waals surface area contributed by atoms with Crippen LogP contribution in [-0.2, 0) is 0 Å². The number of nitrogens with one attached hydrogen (secondary N) is 1. The maximum Gasteiger partial charge on any atom is 0.289 e. The Kier molecular flexibility index (Phi) is 4.99. The van der Waals surface area contributed by atoms with Crippen LogP contribution >= 0.6 is 0 Å². The summed E-state index contributed by atoms with van der Waals surface area (Å²) in [5, 5.41) is 34.9. The molecule has 0 unspecified atom stereocenters. The largest absolute Gasteiger partial charge is 0.507 e. The first-order valence-corrected chi connectivity index (χ1v) is 9.17. The number of hydrogen-bond acceptors (Lipinski definition) is 8. The number of phenols is 1. The second-order valence-corrected chi connectivity index (χ2v) is 6.89. The molecule has 0 fully saturated rings. The summed E-state index contributed by atoms with van der Waals surface area (Å²) >= 11 is 0. The molecule has 160 valence electrons. The molecule has 0 radical (unpaired) electrons. The Bertz CT molecular complexity index is 1410. The smallest absolute Gasteiger partial charge is 0.289 e. The van der Waals surface area contributed by atoms with Crippen molar-refractivity contribution in [1.29, 1.82) is 0 Å². The van der Waals surface area contributed by atoms with E-state index in [4.69, 9.17) is 4.42 Å². The summed E-state index contributed by atoms with van der Waals surface area (Å²) in [4.78, 5) is 37.3. The normalized spacial score (nSPS) is 10.8. The number of amides is 1. The van der Waals surface area contributed by atoms with E-state index in [1.54, 1.807) is 6.07 Å². The van der Waals surface area contributed by atoms with Crippen molar-refractivity contribution in [2.45, 2.75) is 6.92 Å². The second kappa shape index (κ2) is 7.80. The Morgan fingerprint density at radius 1 is 1.03 bits per heavy atom. The van der Waals surface area contributed by atoms with Gasteiger partial charge in [0.15, 0.2) is 5.58 Å². The zero-order valence-electron chi connectivity index (χ0n) is 16.4. The van der Waals surface area contributed by atoms with Crippen molar-refractivity contribution in [2.75, 3.05) is 5.32 Å². The van der Waals surface area contributed by atoms with Crippen LogP contribution in [0.2, 0.25) is 0 Å². The highest BCUT2D eigenvalue weighted by atomic mass is 16.6. The van der Waals surface area contributed by atoms with Crippen molar-refractivity contribution in [3.8, 4) is 17.2 Å². The molecule has 4 aromatic rings. The van der Waals surface area contributed by atoms with E-state index in [0.717, 1.165) is 17.7 Å². The Balaban J connectivity index is 1.62. The van der Waals surface area contributed by atoms with Crippen molar-refractivity contribution in [3.05, 3.63) is 86.0 Å². The molecule has 3 aromatic carbocycles. The van der Waals surface area contributed by atoms with Crippen LogP contribution in [0.4, 0.5) is 17.1 Å². The maximum absolute atomic E-state index is 12.5. The number of carbonyl (C=O) groups is 1. The van der Waals surface area contributed by atoms with Gasteiger partial charge in [-0.25, -0.2) is 4.98 Å². The lowest BCUT2D eigenvalue weighted by molar-refractivity contribution is -0.394. The third-order valence-corrected chi connectivity index (χ3v) is 4.66. The molecule has 0 aliphatic rings. The molecule has 1 amide bonds. The predicted octanol–water partition coefficient (Wildman–Crippen LogP) is 4.58. The van der Waals surface area contributed by atoms with Gasteiger partial charge in [-0.3, -0.25) is 25.0 Å². The molecule has 32 heavy (non-hydrogen) atoms. The van der Waals surface area contributed by atoms with Crippen molar-refractivity contribution in [1.82, 2.24) is 4.98 Å². The van der Waals surface area contributed by atoms with E-state index < -0.39 is 27.1 Å². The molecule has 0 bridgehead atoms.